The van der Waals surface area contributed by atoms with E-state index in [0.717, 1.165) is 23.5 Å². The average Bonchev–Trinajstić information content (AvgIpc) is 2.69. The van der Waals surface area contributed by atoms with Gasteiger partial charge >= 0.3 is 0 Å². The normalized spacial score (nSPS) is 34.2. The molecule has 1 fully saturated rings. The molecule has 3 atom stereocenters. The van der Waals surface area contributed by atoms with E-state index in [4.69, 9.17) is 9.47 Å². The van der Waals surface area contributed by atoms with E-state index in [1.165, 1.54) is 12.8 Å². The molecular formula is C15H20O3. The third-order valence-corrected chi connectivity index (χ3v) is 4.57. The minimum Gasteiger partial charge on any atom is -0.497 e. The molecule has 1 aromatic rings. The van der Waals surface area contributed by atoms with E-state index in [2.05, 4.69) is 6.92 Å². The van der Waals surface area contributed by atoms with Crippen molar-refractivity contribution in [2.45, 2.75) is 44.3 Å². The highest BCUT2D eigenvalue weighted by molar-refractivity contribution is 5.44. The fraction of sp³-hybridized carbons (Fsp3) is 0.600. The van der Waals surface area contributed by atoms with Crippen molar-refractivity contribution >= 4 is 0 Å². The van der Waals surface area contributed by atoms with Gasteiger partial charge in [-0.05, 0) is 37.3 Å². The number of methoxy groups -OCH3 is 1. The lowest BCUT2D eigenvalue weighted by molar-refractivity contribution is -0.0357. The molecule has 2 unspecified atom stereocenters. The summed E-state index contributed by atoms with van der Waals surface area (Å²) in [6.45, 7) is 2.23. The minimum atomic E-state index is -0.416. The van der Waals surface area contributed by atoms with Gasteiger partial charge in [0.05, 0.1) is 13.2 Å². The molecule has 0 saturated heterocycles. The Morgan fingerprint density at radius 1 is 1.44 bits per heavy atom. The Morgan fingerprint density at radius 2 is 2.28 bits per heavy atom. The SMILES string of the molecule is COc1ccc2c(c1)OC1(CCCC1C)C[C@H]2O. The van der Waals surface area contributed by atoms with Crippen LogP contribution < -0.4 is 9.47 Å². The van der Waals surface area contributed by atoms with Crippen molar-refractivity contribution in [1.29, 1.82) is 0 Å². The number of aliphatic hydroxyl groups is 1. The van der Waals surface area contributed by atoms with E-state index in [1.807, 2.05) is 18.2 Å². The molecule has 1 heterocycles. The van der Waals surface area contributed by atoms with Gasteiger partial charge in [0.2, 0.25) is 0 Å². The number of fused-ring (bicyclic) bond motifs is 1. The molecule has 3 nitrogen and oxygen atoms in total. The highest BCUT2D eigenvalue weighted by Gasteiger charge is 2.47. The molecule has 1 saturated carbocycles. The summed E-state index contributed by atoms with van der Waals surface area (Å²) < 4.78 is 11.5. The Morgan fingerprint density at radius 3 is 2.94 bits per heavy atom. The lowest BCUT2D eigenvalue weighted by Crippen LogP contribution is -2.43. The van der Waals surface area contributed by atoms with Gasteiger partial charge in [0.15, 0.2) is 0 Å². The first-order valence-corrected chi connectivity index (χ1v) is 6.70. The first kappa shape index (κ1) is 11.8. The smallest absolute Gasteiger partial charge is 0.129 e. The molecule has 1 N–H and O–H groups in total. The first-order valence-electron chi connectivity index (χ1n) is 6.70. The van der Waals surface area contributed by atoms with Crippen molar-refractivity contribution in [3.63, 3.8) is 0 Å². The highest BCUT2D eigenvalue weighted by atomic mass is 16.5. The number of rotatable bonds is 1. The first-order chi connectivity index (χ1) is 8.64. The minimum absolute atomic E-state index is 0.168. The summed E-state index contributed by atoms with van der Waals surface area (Å²) in [5.74, 6) is 2.08. The van der Waals surface area contributed by atoms with Crippen molar-refractivity contribution in [1.82, 2.24) is 0 Å². The third kappa shape index (κ3) is 1.69. The maximum absolute atomic E-state index is 10.3. The van der Waals surface area contributed by atoms with Gasteiger partial charge in [0.25, 0.3) is 0 Å². The van der Waals surface area contributed by atoms with Crippen LogP contribution >= 0.6 is 0 Å². The lowest BCUT2D eigenvalue weighted by atomic mass is 9.82. The van der Waals surface area contributed by atoms with Gasteiger partial charge in [-0.25, -0.2) is 0 Å². The molecular weight excluding hydrogens is 228 g/mol. The molecule has 3 heteroatoms. The topological polar surface area (TPSA) is 38.7 Å². The number of benzene rings is 1. The van der Waals surface area contributed by atoms with Gasteiger partial charge in [-0.1, -0.05) is 6.92 Å². The van der Waals surface area contributed by atoms with Crippen LogP contribution in [0.2, 0.25) is 0 Å². The second-order valence-electron chi connectivity index (χ2n) is 5.58. The fourth-order valence-electron chi connectivity index (χ4n) is 3.38. The number of aliphatic hydroxyl groups excluding tert-OH is 1. The molecule has 0 bridgehead atoms. The van der Waals surface area contributed by atoms with Gasteiger partial charge in [0, 0.05) is 18.1 Å². The summed E-state index contributed by atoms with van der Waals surface area (Å²) in [7, 11) is 1.65. The van der Waals surface area contributed by atoms with E-state index in [9.17, 15) is 5.11 Å². The fourth-order valence-corrected chi connectivity index (χ4v) is 3.38. The van der Waals surface area contributed by atoms with Gasteiger partial charge in [0.1, 0.15) is 17.1 Å². The maximum Gasteiger partial charge on any atom is 0.129 e. The van der Waals surface area contributed by atoms with Crippen LogP contribution in [0.15, 0.2) is 18.2 Å². The van der Waals surface area contributed by atoms with E-state index in [0.29, 0.717) is 12.3 Å². The molecule has 3 rings (SSSR count). The third-order valence-electron chi connectivity index (χ3n) is 4.57. The van der Waals surface area contributed by atoms with Crippen LogP contribution in [0.5, 0.6) is 11.5 Å². The quantitative estimate of drug-likeness (QED) is 0.830. The van der Waals surface area contributed by atoms with Crippen molar-refractivity contribution in [3.05, 3.63) is 23.8 Å². The maximum atomic E-state index is 10.3. The highest BCUT2D eigenvalue weighted by Crippen LogP contribution is 2.50. The predicted molar refractivity (Wildman–Crippen MR) is 68.9 cm³/mol. The van der Waals surface area contributed by atoms with Crippen LogP contribution in [0.3, 0.4) is 0 Å². The molecule has 0 aromatic heterocycles. The standard InChI is InChI=1S/C15H20O3/c1-10-4-3-7-15(10)9-13(16)12-6-5-11(17-2)8-14(12)18-15/h5-6,8,10,13,16H,3-4,7,9H2,1-2H3/t10?,13-,15?/m1/s1. The average molecular weight is 248 g/mol. The molecule has 98 valence electrons. The number of hydrogen-bond acceptors (Lipinski definition) is 3. The van der Waals surface area contributed by atoms with Crippen molar-refractivity contribution < 1.29 is 14.6 Å². The zero-order valence-corrected chi connectivity index (χ0v) is 11.0. The number of hydrogen-bond donors (Lipinski definition) is 1. The Balaban J connectivity index is 1.99. The van der Waals surface area contributed by atoms with E-state index in [-0.39, 0.29) is 5.60 Å². The van der Waals surface area contributed by atoms with E-state index >= 15 is 0 Å². The summed E-state index contributed by atoms with van der Waals surface area (Å²) in [4.78, 5) is 0. The monoisotopic (exact) mass is 248 g/mol. The Kier molecular flexibility index (Phi) is 2.74. The predicted octanol–water partition coefficient (Wildman–Crippen LogP) is 3.07. The summed E-state index contributed by atoms with van der Waals surface area (Å²) in [5.41, 5.74) is 0.721. The second kappa shape index (κ2) is 4.16. The molecule has 1 spiro atoms. The van der Waals surface area contributed by atoms with Crippen LogP contribution in [-0.2, 0) is 0 Å². The molecule has 1 aromatic carbocycles. The lowest BCUT2D eigenvalue weighted by Gasteiger charge is -2.41. The van der Waals surface area contributed by atoms with Crippen LogP contribution in [-0.4, -0.2) is 17.8 Å². The molecule has 0 amide bonds. The van der Waals surface area contributed by atoms with Gasteiger partial charge < -0.3 is 14.6 Å². The largest absolute Gasteiger partial charge is 0.497 e. The van der Waals surface area contributed by atoms with E-state index in [1.54, 1.807) is 7.11 Å². The number of ether oxygens (including phenoxy) is 2. The molecule has 0 radical (unpaired) electrons. The van der Waals surface area contributed by atoms with Crippen molar-refractivity contribution in [2.75, 3.05) is 7.11 Å². The molecule has 1 aliphatic heterocycles. The second-order valence-corrected chi connectivity index (χ2v) is 5.58. The molecule has 1 aliphatic carbocycles. The molecule has 18 heavy (non-hydrogen) atoms. The zero-order valence-electron chi connectivity index (χ0n) is 11.0. The summed E-state index contributed by atoms with van der Waals surface area (Å²) >= 11 is 0. The Hall–Kier alpha value is -1.22. The Labute approximate surface area is 108 Å². The van der Waals surface area contributed by atoms with Crippen LogP contribution in [0.1, 0.15) is 44.3 Å². The summed E-state index contributed by atoms with van der Waals surface area (Å²) in [6, 6.07) is 5.68. The van der Waals surface area contributed by atoms with Crippen LogP contribution in [0.4, 0.5) is 0 Å². The van der Waals surface area contributed by atoms with Crippen molar-refractivity contribution in [2.24, 2.45) is 5.92 Å². The van der Waals surface area contributed by atoms with Crippen LogP contribution in [0, 0.1) is 5.92 Å². The molecule has 2 aliphatic rings. The summed E-state index contributed by atoms with van der Waals surface area (Å²) in [6.07, 6.45) is 3.72. The Bertz CT molecular complexity index is 457. The van der Waals surface area contributed by atoms with Gasteiger partial charge in [-0.15, -0.1) is 0 Å². The zero-order chi connectivity index (χ0) is 12.8. The van der Waals surface area contributed by atoms with E-state index < -0.39 is 6.10 Å². The van der Waals surface area contributed by atoms with Gasteiger partial charge in [-0.2, -0.15) is 0 Å². The van der Waals surface area contributed by atoms with Crippen molar-refractivity contribution in [3.8, 4) is 11.5 Å². The summed E-state index contributed by atoms with van der Waals surface area (Å²) in [5, 5.41) is 10.3. The van der Waals surface area contributed by atoms with Gasteiger partial charge in [-0.3, -0.25) is 0 Å². The van der Waals surface area contributed by atoms with Crippen LogP contribution in [0.25, 0.3) is 0 Å².